The number of piperazine rings is 1. The van der Waals surface area contributed by atoms with E-state index < -0.39 is 14.8 Å². The van der Waals surface area contributed by atoms with Gasteiger partial charge in [0.25, 0.3) is 5.69 Å². The van der Waals surface area contributed by atoms with Gasteiger partial charge >= 0.3 is 0 Å². The zero-order valence-corrected chi connectivity index (χ0v) is 15.9. The first-order chi connectivity index (χ1) is 11.7. The lowest BCUT2D eigenvalue weighted by Crippen LogP contribution is -2.52. The second kappa shape index (κ2) is 7.96. The van der Waals surface area contributed by atoms with Crippen molar-refractivity contribution in [2.24, 2.45) is 0 Å². The Balaban J connectivity index is 2.15. The van der Waals surface area contributed by atoms with Gasteiger partial charge in [-0.1, -0.05) is 6.92 Å². The molecular weight excluding hydrogens is 364 g/mol. The molecule has 1 saturated heterocycles. The van der Waals surface area contributed by atoms with Gasteiger partial charge in [0, 0.05) is 45.0 Å². The predicted molar refractivity (Wildman–Crippen MR) is 101 cm³/mol. The lowest BCUT2D eigenvalue weighted by atomic mass is 10.2. The van der Waals surface area contributed by atoms with E-state index in [0.29, 0.717) is 37.0 Å². The highest BCUT2D eigenvalue weighted by molar-refractivity contribution is 7.90. The Morgan fingerprint density at radius 2 is 1.96 bits per heavy atom. The summed E-state index contributed by atoms with van der Waals surface area (Å²) in [6.45, 7) is 5.34. The van der Waals surface area contributed by atoms with Gasteiger partial charge in [-0.15, -0.1) is 0 Å². The Bertz CT molecular complexity index is 759. The Morgan fingerprint density at radius 1 is 1.32 bits per heavy atom. The molecule has 1 aromatic carbocycles. The average Bonchev–Trinajstić information content (AvgIpc) is 2.58. The number of rotatable bonds is 5. The summed E-state index contributed by atoms with van der Waals surface area (Å²) in [5.41, 5.74) is 0.243. The molecule has 2 rings (SSSR count). The van der Waals surface area contributed by atoms with Crippen molar-refractivity contribution in [3.8, 4) is 0 Å². The van der Waals surface area contributed by atoms with E-state index in [1.54, 1.807) is 0 Å². The van der Waals surface area contributed by atoms with Crippen molar-refractivity contribution in [2.75, 3.05) is 43.9 Å². The first-order valence-electron chi connectivity index (χ1n) is 8.00. The van der Waals surface area contributed by atoms with E-state index >= 15 is 0 Å². The van der Waals surface area contributed by atoms with Crippen LogP contribution in [0.1, 0.15) is 13.3 Å². The summed E-state index contributed by atoms with van der Waals surface area (Å²) in [5.74, 6) is 0. The molecule has 1 fully saturated rings. The number of sulfone groups is 1. The largest absolute Gasteiger partial charge is 0.363 e. The van der Waals surface area contributed by atoms with Crippen molar-refractivity contribution in [1.82, 2.24) is 10.2 Å². The first kappa shape index (κ1) is 19.4. The van der Waals surface area contributed by atoms with Crippen LogP contribution < -0.4 is 10.2 Å². The molecule has 1 aliphatic rings. The van der Waals surface area contributed by atoms with Gasteiger partial charge in [0.2, 0.25) is 0 Å². The maximum absolute atomic E-state index is 11.6. The maximum atomic E-state index is 11.6. The third kappa shape index (κ3) is 4.79. The minimum atomic E-state index is -3.49. The molecule has 8 nitrogen and oxygen atoms in total. The van der Waals surface area contributed by atoms with Crippen LogP contribution in [0.2, 0.25) is 0 Å². The number of thiocarbonyl (C=S) groups is 1. The molecule has 0 amide bonds. The van der Waals surface area contributed by atoms with Gasteiger partial charge in [-0.3, -0.25) is 10.1 Å². The monoisotopic (exact) mass is 386 g/mol. The Labute approximate surface area is 152 Å². The van der Waals surface area contributed by atoms with Gasteiger partial charge in [-0.25, -0.2) is 8.42 Å². The molecule has 0 spiro atoms. The van der Waals surface area contributed by atoms with Crippen LogP contribution in [0.25, 0.3) is 0 Å². The minimum Gasteiger partial charge on any atom is -0.363 e. The predicted octanol–water partition coefficient (Wildman–Crippen LogP) is 1.40. The van der Waals surface area contributed by atoms with Crippen LogP contribution in [0.3, 0.4) is 0 Å². The lowest BCUT2D eigenvalue weighted by Gasteiger charge is -2.37. The summed E-state index contributed by atoms with van der Waals surface area (Å²) in [6.07, 6.45) is 2.02. The van der Waals surface area contributed by atoms with Crippen molar-refractivity contribution in [1.29, 1.82) is 0 Å². The molecule has 0 atom stereocenters. The molecule has 0 aliphatic carbocycles. The summed E-state index contributed by atoms with van der Waals surface area (Å²) in [7, 11) is -3.49. The molecule has 1 aromatic rings. The van der Waals surface area contributed by atoms with Crippen LogP contribution in [0.4, 0.5) is 11.4 Å². The Kier molecular flexibility index (Phi) is 6.17. The molecule has 1 aliphatic heterocycles. The summed E-state index contributed by atoms with van der Waals surface area (Å²) in [4.78, 5) is 14.7. The van der Waals surface area contributed by atoms with E-state index in [9.17, 15) is 18.5 Å². The summed E-state index contributed by atoms with van der Waals surface area (Å²) < 4.78 is 23.3. The molecule has 25 heavy (non-hydrogen) atoms. The summed E-state index contributed by atoms with van der Waals surface area (Å²) in [5, 5.41) is 15.2. The van der Waals surface area contributed by atoms with Crippen molar-refractivity contribution in [2.45, 2.75) is 18.2 Å². The number of nitro groups is 1. The van der Waals surface area contributed by atoms with Crippen LogP contribution in [0, 0.1) is 10.1 Å². The van der Waals surface area contributed by atoms with Crippen molar-refractivity contribution in [3.05, 3.63) is 28.3 Å². The second-order valence-electron chi connectivity index (χ2n) is 5.89. The van der Waals surface area contributed by atoms with Gasteiger partial charge in [0.15, 0.2) is 14.9 Å². The number of nitrogens with zero attached hydrogens (tertiary/aromatic N) is 3. The Hall–Kier alpha value is -1.94. The zero-order valence-electron chi connectivity index (χ0n) is 14.3. The van der Waals surface area contributed by atoms with Crippen molar-refractivity contribution in [3.63, 3.8) is 0 Å². The van der Waals surface area contributed by atoms with Crippen molar-refractivity contribution < 1.29 is 13.3 Å². The smallest absolute Gasteiger partial charge is 0.293 e. The molecule has 0 bridgehead atoms. The molecular formula is C15H22N4O4S2. The van der Waals surface area contributed by atoms with Gasteiger partial charge in [-0.05, 0) is 30.8 Å². The minimum absolute atomic E-state index is 0.0495. The van der Waals surface area contributed by atoms with Crippen LogP contribution >= 0.6 is 12.2 Å². The fraction of sp³-hybridized carbons (Fsp3) is 0.533. The molecule has 0 unspecified atom stereocenters. The summed E-state index contributed by atoms with van der Waals surface area (Å²) in [6, 6.07) is 4.06. The standard InChI is InChI=1S/C15H22N4O4S2/c1-3-6-16-15(24)18-9-7-17(8-10-18)13-5-4-12(25(2,22)23)11-14(13)19(20)21/h4-5,11H,3,6-10H2,1-2H3,(H,16,24). The number of hydrogen-bond acceptors (Lipinski definition) is 6. The highest BCUT2D eigenvalue weighted by Gasteiger charge is 2.26. The molecule has 1 heterocycles. The van der Waals surface area contributed by atoms with Gasteiger partial charge in [0.05, 0.1) is 9.82 Å². The number of anilines is 1. The van der Waals surface area contributed by atoms with E-state index in [1.807, 2.05) is 9.80 Å². The topological polar surface area (TPSA) is 95.8 Å². The van der Waals surface area contributed by atoms with E-state index in [-0.39, 0.29) is 10.6 Å². The van der Waals surface area contributed by atoms with Crippen LogP contribution in [-0.4, -0.2) is 62.3 Å². The fourth-order valence-electron chi connectivity index (χ4n) is 2.64. The normalized spacial score (nSPS) is 15.1. The third-order valence-corrected chi connectivity index (χ3v) is 5.52. The zero-order chi connectivity index (χ0) is 18.6. The van der Waals surface area contributed by atoms with E-state index in [4.69, 9.17) is 12.2 Å². The SMILES string of the molecule is CCCNC(=S)N1CCN(c2ccc(S(C)(=O)=O)cc2[N+](=O)[O-])CC1. The van der Waals surface area contributed by atoms with Crippen LogP contribution in [-0.2, 0) is 9.84 Å². The van der Waals surface area contributed by atoms with Gasteiger partial charge in [-0.2, -0.15) is 0 Å². The quantitative estimate of drug-likeness (QED) is 0.461. The lowest BCUT2D eigenvalue weighted by molar-refractivity contribution is -0.384. The van der Waals surface area contributed by atoms with Crippen molar-refractivity contribution >= 4 is 38.5 Å². The Morgan fingerprint density at radius 3 is 2.48 bits per heavy atom. The van der Waals surface area contributed by atoms with Gasteiger partial charge < -0.3 is 15.1 Å². The molecule has 0 aromatic heterocycles. The third-order valence-electron chi connectivity index (χ3n) is 4.01. The highest BCUT2D eigenvalue weighted by atomic mass is 32.2. The molecule has 138 valence electrons. The molecule has 1 N–H and O–H groups in total. The fourth-order valence-corrected chi connectivity index (χ4v) is 3.57. The number of nitro benzene ring substituents is 1. The van der Waals surface area contributed by atoms with E-state index in [1.165, 1.54) is 12.1 Å². The average molecular weight is 386 g/mol. The number of benzene rings is 1. The first-order valence-corrected chi connectivity index (χ1v) is 10.3. The highest BCUT2D eigenvalue weighted by Crippen LogP contribution is 2.31. The van der Waals surface area contributed by atoms with E-state index in [2.05, 4.69) is 12.2 Å². The number of nitrogens with one attached hydrogen (secondary N) is 1. The second-order valence-corrected chi connectivity index (χ2v) is 8.29. The van der Waals surface area contributed by atoms with Crippen LogP contribution in [0.5, 0.6) is 0 Å². The molecule has 0 radical (unpaired) electrons. The number of hydrogen-bond donors (Lipinski definition) is 1. The van der Waals surface area contributed by atoms with Gasteiger partial charge in [0.1, 0.15) is 5.69 Å². The summed E-state index contributed by atoms with van der Waals surface area (Å²) >= 11 is 5.34. The molecule has 10 heteroatoms. The molecule has 0 saturated carbocycles. The van der Waals surface area contributed by atoms with E-state index in [0.717, 1.165) is 25.3 Å². The van der Waals surface area contributed by atoms with Crippen LogP contribution in [0.15, 0.2) is 23.1 Å². The maximum Gasteiger partial charge on any atom is 0.293 e.